The second-order valence-corrected chi connectivity index (χ2v) is 5.34. The number of hydrogen-bond donors (Lipinski definition) is 0. The van der Waals surface area contributed by atoms with Crippen LogP contribution in [0.1, 0.15) is 49.4 Å². The number of carbonyl (C=O) groups excluding carboxylic acids is 1. The van der Waals surface area contributed by atoms with Crippen LogP contribution in [0, 0.1) is 29.1 Å². The Morgan fingerprint density at radius 1 is 0.857 bits per heavy atom. The first-order chi connectivity index (χ1) is 9.77. The van der Waals surface area contributed by atoms with Gasteiger partial charge in [-0.05, 0) is 32.6 Å². The van der Waals surface area contributed by atoms with E-state index in [1.165, 1.54) is 0 Å². The lowest BCUT2D eigenvalue weighted by Gasteiger charge is -2.33. The van der Waals surface area contributed by atoms with Crippen molar-refractivity contribution >= 4 is 5.97 Å². The minimum Gasteiger partial charge on any atom is -0.456 e. The number of esters is 1. The molecule has 0 atom stereocenters. The van der Waals surface area contributed by atoms with Crippen molar-refractivity contribution in [2.45, 2.75) is 44.6 Å². The summed E-state index contributed by atoms with van der Waals surface area (Å²) in [6.07, 6.45) is 3.43. The van der Waals surface area contributed by atoms with Crippen molar-refractivity contribution in [2.75, 3.05) is 0 Å². The van der Waals surface area contributed by atoms with Crippen LogP contribution in [0.5, 0.6) is 0 Å². The predicted octanol–water partition coefficient (Wildman–Crippen LogP) is 4.26. The van der Waals surface area contributed by atoms with E-state index in [4.69, 9.17) is 4.74 Å². The molecule has 0 aliphatic heterocycles. The van der Waals surface area contributed by atoms with Crippen molar-refractivity contribution in [3.8, 4) is 0 Å². The second kappa shape index (κ2) is 5.61. The number of benzene rings is 1. The fourth-order valence-corrected chi connectivity index (χ4v) is 2.46. The molecule has 1 aromatic carbocycles. The van der Waals surface area contributed by atoms with E-state index in [1.807, 2.05) is 0 Å². The van der Waals surface area contributed by atoms with Gasteiger partial charge < -0.3 is 4.74 Å². The first-order valence-corrected chi connectivity index (χ1v) is 6.51. The molecule has 1 fully saturated rings. The van der Waals surface area contributed by atoms with Gasteiger partial charge in [0.15, 0.2) is 23.3 Å². The average Bonchev–Trinajstić information content (AvgIpc) is 2.43. The molecule has 1 saturated carbocycles. The third-order valence-electron chi connectivity index (χ3n) is 3.66. The predicted molar refractivity (Wildman–Crippen MR) is 63.1 cm³/mol. The summed E-state index contributed by atoms with van der Waals surface area (Å²) in [5, 5.41) is 0. The summed E-state index contributed by atoms with van der Waals surface area (Å²) < 4.78 is 71.1. The lowest BCUT2D eigenvalue weighted by molar-refractivity contribution is -0.0279. The molecule has 1 aliphatic rings. The zero-order valence-corrected chi connectivity index (χ0v) is 11.2. The molecule has 0 amide bonds. The van der Waals surface area contributed by atoms with E-state index in [9.17, 15) is 26.7 Å². The topological polar surface area (TPSA) is 26.3 Å². The van der Waals surface area contributed by atoms with Gasteiger partial charge in [-0.25, -0.2) is 26.7 Å². The Balaban J connectivity index is 2.36. The molecule has 1 aliphatic carbocycles. The van der Waals surface area contributed by atoms with E-state index < -0.39 is 46.2 Å². The summed E-state index contributed by atoms with van der Waals surface area (Å²) in [5.41, 5.74) is -2.49. The van der Waals surface area contributed by atoms with Crippen LogP contribution in [0.4, 0.5) is 22.0 Å². The molecule has 0 bridgehead atoms. The minimum absolute atomic E-state index is 0.480. The lowest BCUT2D eigenvalue weighted by Crippen LogP contribution is -2.34. The van der Waals surface area contributed by atoms with E-state index in [2.05, 4.69) is 0 Å². The molecule has 21 heavy (non-hydrogen) atoms. The van der Waals surface area contributed by atoms with Gasteiger partial charge in [-0.3, -0.25) is 0 Å². The summed E-state index contributed by atoms with van der Waals surface area (Å²) in [5.74, 6) is -12.5. The quantitative estimate of drug-likeness (QED) is 0.353. The smallest absolute Gasteiger partial charge is 0.344 e. The van der Waals surface area contributed by atoms with Gasteiger partial charge in [-0.1, -0.05) is 6.42 Å². The minimum atomic E-state index is -2.30. The number of carbonyl (C=O) groups is 1. The maximum atomic E-state index is 13.5. The number of ether oxygens (including phenoxy) is 1. The van der Waals surface area contributed by atoms with Gasteiger partial charge in [0.25, 0.3) is 0 Å². The third-order valence-corrected chi connectivity index (χ3v) is 3.66. The van der Waals surface area contributed by atoms with E-state index in [0.717, 1.165) is 19.3 Å². The van der Waals surface area contributed by atoms with Crippen LogP contribution in [0.2, 0.25) is 0 Å². The first-order valence-electron chi connectivity index (χ1n) is 6.51. The highest BCUT2D eigenvalue weighted by Crippen LogP contribution is 2.33. The van der Waals surface area contributed by atoms with Crippen molar-refractivity contribution in [3.05, 3.63) is 34.6 Å². The van der Waals surface area contributed by atoms with E-state index in [1.54, 1.807) is 6.92 Å². The molecule has 0 unspecified atom stereocenters. The molecule has 0 saturated heterocycles. The van der Waals surface area contributed by atoms with Crippen molar-refractivity contribution in [1.82, 2.24) is 0 Å². The maximum absolute atomic E-state index is 13.5. The van der Waals surface area contributed by atoms with Crippen molar-refractivity contribution in [2.24, 2.45) is 0 Å². The van der Waals surface area contributed by atoms with Gasteiger partial charge in [0, 0.05) is 0 Å². The highest BCUT2D eigenvalue weighted by atomic mass is 19.2. The monoisotopic (exact) mass is 308 g/mol. The van der Waals surface area contributed by atoms with Gasteiger partial charge in [-0.15, -0.1) is 0 Å². The highest BCUT2D eigenvalue weighted by Gasteiger charge is 2.36. The molecule has 2 rings (SSSR count). The second-order valence-electron chi connectivity index (χ2n) is 5.34. The Bertz CT molecular complexity index is 550. The molecule has 7 heteroatoms. The zero-order chi connectivity index (χ0) is 15.8. The van der Waals surface area contributed by atoms with Crippen LogP contribution in [-0.4, -0.2) is 11.6 Å². The Hall–Kier alpha value is -1.66. The Labute approximate surface area is 117 Å². The van der Waals surface area contributed by atoms with E-state index in [-0.39, 0.29) is 0 Å². The number of halogens is 5. The summed E-state index contributed by atoms with van der Waals surface area (Å²) in [7, 11) is 0. The Morgan fingerprint density at radius 2 is 1.29 bits per heavy atom. The van der Waals surface area contributed by atoms with Crippen LogP contribution >= 0.6 is 0 Å². The van der Waals surface area contributed by atoms with Crippen LogP contribution in [0.25, 0.3) is 0 Å². The maximum Gasteiger partial charge on any atom is 0.344 e. The molecule has 0 aromatic heterocycles. The van der Waals surface area contributed by atoms with Gasteiger partial charge in [0.1, 0.15) is 11.2 Å². The molecule has 116 valence electrons. The fraction of sp³-hybridized carbons (Fsp3) is 0.500. The van der Waals surface area contributed by atoms with Gasteiger partial charge >= 0.3 is 5.97 Å². The standard InChI is InChI=1S/C14H13F5O2/c1-14(5-3-2-4-6-14)21-13(20)7-8(15)10(17)12(19)11(18)9(7)16/h2-6H2,1H3. The van der Waals surface area contributed by atoms with E-state index >= 15 is 0 Å². The summed E-state index contributed by atoms with van der Waals surface area (Å²) in [4.78, 5) is 11.8. The highest BCUT2D eigenvalue weighted by molar-refractivity contribution is 5.90. The van der Waals surface area contributed by atoms with Crippen molar-refractivity contribution < 1.29 is 31.5 Å². The molecule has 0 heterocycles. The fourth-order valence-electron chi connectivity index (χ4n) is 2.46. The third kappa shape index (κ3) is 2.87. The van der Waals surface area contributed by atoms with Gasteiger partial charge in [0.2, 0.25) is 5.82 Å². The summed E-state index contributed by atoms with van der Waals surface area (Å²) >= 11 is 0. The molecule has 2 nitrogen and oxygen atoms in total. The van der Waals surface area contributed by atoms with E-state index in [0.29, 0.717) is 12.8 Å². The summed E-state index contributed by atoms with van der Waals surface area (Å²) in [6.45, 7) is 1.58. The average molecular weight is 308 g/mol. The van der Waals surface area contributed by atoms with Crippen LogP contribution in [-0.2, 0) is 4.74 Å². The largest absolute Gasteiger partial charge is 0.456 e. The Kier molecular flexibility index (Phi) is 4.20. The number of hydrogen-bond acceptors (Lipinski definition) is 2. The molecule has 1 aromatic rings. The van der Waals surface area contributed by atoms with Crippen LogP contribution < -0.4 is 0 Å². The van der Waals surface area contributed by atoms with Crippen LogP contribution in [0.3, 0.4) is 0 Å². The van der Waals surface area contributed by atoms with Gasteiger partial charge in [-0.2, -0.15) is 0 Å². The van der Waals surface area contributed by atoms with Crippen molar-refractivity contribution in [3.63, 3.8) is 0 Å². The molecule has 0 N–H and O–H groups in total. The SMILES string of the molecule is CC1(OC(=O)c2c(F)c(F)c(F)c(F)c2F)CCCCC1. The molecule has 0 radical (unpaired) electrons. The lowest BCUT2D eigenvalue weighted by atomic mass is 9.86. The summed E-state index contributed by atoms with van der Waals surface area (Å²) in [6, 6.07) is 0. The van der Waals surface area contributed by atoms with Crippen LogP contribution in [0.15, 0.2) is 0 Å². The molecule has 0 spiro atoms. The zero-order valence-electron chi connectivity index (χ0n) is 11.2. The normalized spacial score (nSPS) is 17.6. The molecular weight excluding hydrogens is 295 g/mol. The first kappa shape index (κ1) is 15.7. The van der Waals surface area contributed by atoms with Crippen molar-refractivity contribution in [1.29, 1.82) is 0 Å². The number of rotatable bonds is 2. The molecular formula is C14H13F5O2. The Morgan fingerprint density at radius 3 is 1.76 bits per heavy atom. The van der Waals surface area contributed by atoms with Gasteiger partial charge in [0.05, 0.1) is 0 Å².